The van der Waals surface area contributed by atoms with Gasteiger partial charge in [0.2, 0.25) is 0 Å². The predicted molar refractivity (Wildman–Crippen MR) is 54.8 cm³/mol. The summed E-state index contributed by atoms with van der Waals surface area (Å²) in [6, 6.07) is -0.694. The molecule has 3 nitrogen and oxygen atoms in total. The number of halogens is 3. The second kappa shape index (κ2) is 4.08. The molecule has 0 saturated carbocycles. The maximum atomic E-state index is 12.3. The summed E-state index contributed by atoms with van der Waals surface area (Å²) in [6.45, 7) is 4.98. The van der Waals surface area contributed by atoms with Crippen LogP contribution in [-0.2, 0) is 5.54 Å². The average molecular weight is 235 g/mol. The highest BCUT2D eigenvalue weighted by molar-refractivity contribution is 5.11. The van der Waals surface area contributed by atoms with Crippen molar-refractivity contribution in [3.05, 3.63) is 18.2 Å². The lowest BCUT2D eigenvalue weighted by Crippen LogP contribution is -2.32. The van der Waals surface area contributed by atoms with Gasteiger partial charge in [0, 0.05) is 12.2 Å². The third-order valence-electron chi connectivity index (χ3n) is 2.33. The van der Waals surface area contributed by atoms with E-state index in [-0.39, 0.29) is 0 Å². The van der Waals surface area contributed by atoms with Gasteiger partial charge in [-0.15, -0.1) is 0 Å². The van der Waals surface area contributed by atoms with Crippen LogP contribution in [0.4, 0.5) is 13.2 Å². The zero-order chi connectivity index (χ0) is 12.6. The Morgan fingerprint density at radius 1 is 1.44 bits per heavy atom. The predicted octanol–water partition coefficient (Wildman–Crippen LogP) is 2.59. The lowest BCUT2D eigenvalue weighted by molar-refractivity contribution is -0.141. The molecule has 0 aliphatic rings. The molecular weight excluding hydrogens is 219 g/mol. The number of nitrogens with two attached hydrogens (primary N) is 1. The fourth-order valence-electron chi connectivity index (χ4n) is 1.59. The fraction of sp³-hybridized carbons (Fsp3) is 0.700. The second-order valence-corrected chi connectivity index (χ2v) is 4.58. The normalized spacial score (nSPS) is 15.2. The second-order valence-electron chi connectivity index (χ2n) is 4.58. The van der Waals surface area contributed by atoms with E-state index in [0.717, 1.165) is 0 Å². The average Bonchev–Trinajstić information content (AvgIpc) is 2.45. The summed E-state index contributed by atoms with van der Waals surface area (Å²) in [6.07, 6.45) is -2.17. The number of nitrogens with zero attached hydrogens (tertiary/aromatic N) is 2. The SMILES string of the molecule is CC(CC(F)(F)F)n1cncc1C(C)(C)N. The molecule has 6 heteroatoms. The van der Waals surface area contributed by atoms with E-state index in [2.05, 4.69) is 4.98 Å². The van der Waals surface area contributed by atoms with Gasteiger partial charge in [0.25, 0.3) is 0 Å². The van der Waals surface area contributed by atoms with Crippen LogP contribution in [0.1, 0.15) is 38.9 Å². The van der Waals surface area contributed by atoms with E-state index in [1.807, 2.05) is 0 Å². The van der Waals surface area contributed by atoms with Gasteiger partial charge in [0.1, 0.15) is 0 Å². The Balaban J connectivity index is 2.93. The lowest BCUT2D eigenvalue weighted by atomic mass is 10.0. The van der Waals surface area contributed by atoms with Gasteiger partial charge in [-0.25, -0.2) is 4.98 Å². The first-order valence-electron chi connectivity index (χ1n) is 4.99. The molecule has 1 unspecified atom stereocenters. The number of aromatic nitrogens is 2. The smallest absolute Gasteiger partial charge is 0.330 e. The Morgan fingerprint density at radius 2 is 2.00 bits per heavy atom. The van der Waals surface area contributed by atoms with Crippen molar-refractivity contribution in [3.8, 4) is 0 Å². The van der Waals surface area contributed by atoms with Crippen LogP contribution in [0.2, 0.25) is 0 Å². The molecule has 0 radical (unpaired) electrons. The Hall–Kier alpha value is -1.04. The molecule has 1 heterocycles. The number of hydrogen-bond acceptors (Lipinski definition) is 2. The molecule has 16 heavy (non-hydrogen) atoms. The minimum Gasteiger partial charge on any atom is -0.330 e. The topological polar surface area (TPSA) is 43.8 Å². The molecule has 1 aromatic heterocycles. The number of alkyl halides is 3. The van der Waals surface area contributed by atoms with Crippen molar-refractivity contribution < 1.29 is 13.2 Å². The standard InChI is InChI=1S/C10H16F3N3/c1-7(4-10(11,12)13)16-6-15-5-8(16)9(2,3)14/h5-7H,4,14H2,1-3H3. The van der Waals surface area contributed by atoms with Crippen LogP contribution in [0.15, 0.2) is 12.5 Å². The van der Waals surface area contributed by atoms with Crippen LogP contribution in [0.5, 0.6) is 0 Å². The van der Waals surface area contributed by atoms with E-state index in [1.54, 1.807) is 13.8 Å². The van der Waals surface area contributed by atoms with Gasteiger partial charge in [-0.1, -0.05) is 0 Å². The van der Waals surface area contributed by atoms with E-state index in [9.17, 15) is 13.2 Å². The largest absolute Gasteiger partial charge is 0.391 e. The Morgan fingerprint density at radius 3 is 2.44 bits per heavy atom. The van der Waals surface area contributed by atoms with Gasteiger partial charge >= 0.3 is 6.18 Å². The minimum absolute atomic E-state index is 0.601. The van der Waals surface area contributed by atoms with Crippen LogP contribution in [0, 0.1) is 0 Å². The number of rotatable bonds is 3. The number of imidazole rings is 1. The fourth-order valence-corrected chi connectivity index (χ4v) is 1.59. The van der Waals surface area contributed by atoms with Crippen LogP contribution < -0.4 is 5.73 Å². The van der Waals surface area contributed by atoms with E-state index in [0.29, 0.717) is 5.69 Å². The van der Waals surface area contributed by atoms with Crippen molar-refractivity contribution in [3.63, 3.8) is 0 Å². The van der Waals surface area contributed by atoms with E-state index in [4.69, 9.17) is 5.73 Å². The molecule has 92 valence electrons. The van der Waals surface area contributed by atoms with Gasteiger partial charge in [-0.05, 0) is 20.8 Å². The highest BCUT2D eigenvalue weighted by atomic mass is 19.4. The van der Waals surface area contributed by atoms with Gasteiger partial charge in [-0.2, -0.15) is 13.2 Å². The van der Waals surface area contributed by atoms with Gasteiger partial charge < -0.3 is 10.3 Å². The maximum absolute atomic E-state index is 12.3. The van der Waals surface area contributed by atoms with Crippen LogP contribution in [-0.4, -0.2) is 15.7 Å². The van der Waals surface area contributed by atoms with Crippen LogP contribution in [0.3, 0.4) is 0 Å². The molecule has 0 bridgehead atoms. The first-order valence-corrected chi connectivity index (χ1v) is 4.99. The maximum Gasteiger partial charge on any atom is 0.391 e. The van der Waals surface area contributed by atoms with Crippen molar-refractivity contribution in [2.45, 2.75) is 44.9 Å². The van der Waals surface area contributed by atoms with E-state index in [1.165, 1.54) is 24.0 Å². The highest BCUT2D eigenvalue weighted by Gasteiger charge is 2.32. The zero-order valence-electron chi connectivity index (χ0n) is 9.54. The third kappa shape index (κ3) is 3.23. The molecule has 0 aliphatic heterocycles. The molecule has 1 atom stereocenters. The molecule has 0 aliphatic carbocycles. The molecule has 0 saturated heterocycles. The Kier molecular flexibility index (Phi) is 3.33. The minimum atomic E-state index is -4.18. The third-order valence-corrected chi connectivity index (χ3v) is 2.33. The summed E-state index contributed by atoms with van der Waals surface area (Å²) < 4.78 is 38.3. The van der Waals surface area contributed by atoms with Crippen molar-refractivity contribution in [1.29, 1.82) is 0 Å². The quantitative estimate of drug-likeness (QED) is 0.875. The summed E-state index contributed by atoms with van der Waals surface area (Å²) >= 11 is 0. The van der Waals surface area contributed by atoms with Crippen LogP contribution >= 0.6 is 0 Å². The zero-order valence-corrected chi connectivity index (χ0v) is 9.54. The number of hydrogen-bond donors (Lipinski definition) is 1. The molecule has 0 fully saturated rings. The van der Waals surface area contributed by atoms with Crippen LogP contribution in [0.25, 0.3) is 0 Å². The van der Waals surface area contributed by atoms with Crippen molar-refractivity contribution in [1.82, 2.24) is 9.55 Å². The molecule has 0 aromatic carbocycles. The monoisotopic (exact) mass is 235 g/mol. The molecule has 0 spiro atoms. The van der Waals surface area contributed by atoms with Gasteiger partial charge in [0.05, 0.1) is 24.0 Å². The summed E-state index contributed by atoms with van der Waals surface area (Å²) in [5.74, 6) is 0. The summed E-state index contributed by atoms with van der Waals surface area (Å²) in [5, 5.41) is 0. The summed E-state index contributed by atoms with van der Waals surface area (Å²) in [7, 11) is 0. The molecule has 0 amide bonds. The first-order chi connectivity index (χ1) is 7.11. The van der Waals surface area contributed by atoms with Crippen molar-refractivity contribution >= 4 is 0 Å². The first kappa shape index (κ1) is 13.0. The summed E-state index contributed by atoms with van der Waals surface area (Å²) in [5.41, 5.74) is 5.76. The Labute approximate surface area is 92.5 Å². The molecule has 1 rings (SSSR count). The van der Waals surface area contributed by atoms with E-state index < -0.39 is 24.2 Å². The van der Waals surface area contributed by atoms with Gasteiger partial charge in [0.15, 0.2) is 0 Å². The Bertz CT molecular complexity index is 349. The van der Waals surface area contributed by atoms with Crippen molar-refractivity contribution in [2.75, 3.05) is 0 Å². The van der Waals surface area contributed by atoms with Crippen molar-refractivity contribution in [2.24, 2.45) is 5.73 Å². The molecule has 2 N–H and O–H groups in total. The lowest BCUT2D eigenvalue weighted by Gasteiger charge is -2.25. The van der Waals surface area contributed by atoms with Gasteiger partial charge in [-0.3, -0.25) is 0 Å². The summed E-state index contributed by atoms with van der Waals surface area (Å²) in [4.78, 5) is 3.86. The molecule has 1 aromatic rings. The highest BCUT2D eigenvalue weighted by Crippen LogP contribution is 2.29. The molecular formula is C10H16F3N3. The van der Waals surface area contributed by atoms with E-state index >= 15 is 0 Å².